The van der Waals surface area contributed by atoms with Crippen LogP contribution in [-0.4, -0.2) is 24.2 Å². The molecule has 3 nitrogen and oxygen atoms in total. The maximum Gasteiger partial charge on any atom is 0.137 e. The summed E-state index contributed by atoms with van der Waals surface area (Å²) in [6.45, 7) is 0. The summed E-state index contributed by atoms with van der Waals surface area (Å²) in [5.74, 6) is 1.67. The molecule has 2 aliphatic rings. The Morgan fingerprint density at radius 1 is 1.44 bits per heavy atom. The standard InChI is InChI=1S/C13H18N2O/c1-16-12-5-9(7-14-8-12)4-10-6-11-2-3-13(10)15-11/h5,7-8,10-11,13,15H,2-4,6H2,1H3. The van der Waals surface area contributed by atoms with Gasteiger partial charge in [-0.05, 0) is 43.2 Å². The second kappa shape index (κ2) is 4.06. The van der Waals surface area contributed by atoms with Crippen LogP contribution in [0.15, 0.2) is 18.5 Å². The molecule has 16 heavy (non-hydrogen) atoms. The Kier molecular flexibility index (Phi) is 2.56. The summed E-state index contributed by atoms with van der Waals surface area (Å²) in [6.07, 6.45) is 8.93. The number of fused-ring (bicyclic) bond motifs is 2. The van der Waals surface area contributed by atoms with Gasteiger partial charge in [-0.25, -0.2) is 0 Å². The van der Waals surface area contributed by atoms with Crippen molar-refractivity contribution in [3.63, 3.8) is 0 Å². The van der Waals surface area contributed by atoms with Crippen LogP contribution in [0, 0.1) is 5.92 Å². The van der Waals surface area contributed by atoms with Gasteiger partial charge in [-0.1, -0.05) is 0 Å². The second-order valence-electron chi connectivity index (χ2n) is 4.98. The van der Waals surface area contributed by atoms with Gasteiger partial charge < -0.3 is 10.1 Å². The maximum atomic E-state index is 5.20. The number of rotatable bonds is 3. The Morgan fingerprint density at radius 3 is 3.06 bits per heavy atom. The highest BCUT2D eigenvalue weighted by Crippen LogP contribution is 2.35. The minimum Gasteiger partial charge on any atom is -0.495 e. The lowest BCUT2D eigenvalue weighted by Gasteiger charge is -2.19. The van der Waals surface area contributed by atoms with E-state index in [0.29, 0.717) is 0 Å². The first-order chi connectivity index (χ1) is 7.85. The van der Waals surface area contributed by atoms with Gasteiger partial charge in [-0.3, -0.25) is 4.98 Å². The summed E-state index contributed by atoms with van der Waals surface area (Å²) in [7, 11) is 1.69. The normalized spacial score (nSPS) is 31.9. The van der Waals surface area contributed by atoms with Crippen LogP contribution in [0.1, 0.15) is 24.8 Å². The van der Waals surface area contributed by atoms with E-state index in [1.807, 2.05) is 6.20 Å². The van der Waals surface area contributed by atoms with Crippen LogP contribution >= 0.6 is 0 Å². The van der Waals surface area contributed by atoms with Gasteiger partial charge in [0, 0.05) is 18.3 Å². The molecule has 1 N–H and O–H groups in total. The largest absolute Gasteiger partial charge is 0.495 e. The molecule has 3 heteroatoms. The van der Waals surface area contributed by atoms with Crippen LogP contribution in [-0.2, 0) is 6.42 Å². The number of ether oxygens (including phenoxy) is 1. The van der Waals surface area contributed by atoms with E-state index in [1.54, 1.807) is 13.3 Å². The number of nitrogens with zero attached hydrogens (tertiary/aromatic N) is 1. The van der Waals surface area contributed by atoms with E-state index >= 15 is 0 Å². The first kappa shape index (κ1) is 10.1. The van der Waals surface area contributed by atoms with Crippen LogP contribution in [0.25, 0.3) is 0 Å². The molecule has 86 valence electrons. The average molecular weight is 218 g/mol. The molecule has 1 aromatic rings. The smallest absolute Gasteiger partial charge is 0.137 e. The molecule has 0 spiro atoms. The summed E-state index contributed by atoms with van der Waals surface area (Å²) in [4.78, 5) is 4.21. The van der Waals surface area contributed by atoms with Crippen molar-refractivity contribution in [1.29, 1.82) is 0 Å². The van der Waals surface area contributed by atoms with Gasteiger partial charge in [0.15, 0.2) is 0 Å². The number of hydrogen-bond acceptors (Lipinski definition) is 3. The second-order valence-corrected chi connectivity index (χ2v) is 4.98. The zero-order valence-corrected chi connectivity index (χ0v) is 9.65. The molecule has 2 aliphatic heterocycles. The van der Waals surface area contributed by atoms with E-state index < -0.39 is 0 Å². The van der Waals surface area contributed by atoms with Gasteiger partial charge >= 0.3 is 0 Å². The summed E-state index contributed by atoms with van der Waals surface area (Å²) in [5, 5.41) is 3.68. The average Bonchev–Trinajstić information content (AvgIpc) is 2.91. The molecule has 0 amide bonds. The monoisotopic (exact) mass is 218 g/mol. The molecule has 0 aromatic carbocycles. The lowest BCUT2D eigenvalue weighted by Crippen LogP contribution is -2.24. The van der Waals surface area contributed by atoms with E-state index in [0.717, 1.165) is 30.2 Å². The Labute approximate surface area is 96.2 Å². The van der Waals surface area contributed by atoms with Crippen molar-refractivity contribution in [1.82, 2.24) is 10.3 Å². The predicted octanol–water partition coefficient (Wildman–Crippen LogP) is 1.77. The number of aromatic nitrogens is 1. The highest BCUT2D eigenvalue weighted by atomic mass is 16.5. The molecular formula is C13H18N2O. The molecule has 2 bridgehead atoms. The third-order valence-corrected chi connectivity index (χ3v) is 3.94. The van der Waals surface area contributed by atoms with Crippen LogP contribution < -0.4 is 10.1 Å². The zero-order valence-electron chi connectivity index (χ0n) is 9.65. The van der Waals surface area contributed by atoms with Crippen LogP contribution in [0.4, 0.5) is 0 Å². The van der Waals surface area contributed by atoms with Crippen LogP contribution in [0.2, 0.25) is 0 Å². The van der Waals surface area contributed by atoms with Gasteiger partial charge in [0.1, 0.15) is 5.75 Å². The molecule has 1 aromatic heterocycles. The van der Waals surface area contributed by atoms with Crippen molar-refractivity contribution < 1.29 is 4.74 Å². The molecule has 0 saturated carbocycles. The number of pyridine rings is 1. The molecule has 3 atom stereocenters. The SMILES string of the molecule is COc1cncc(CC2CC3CCC2N3)c1. The molecule has 3 rings (SSSR count). The van der Waals surface area contributed by atoms with Crippen molar-refractivity contribution in [2.24, 2.45) is 5.92 Å². The molecule has 2 fully saturated rings. The minimum absolute atomic E-state index is 0.746. The third kappa shape index (κ3) is 1.80. The Morgan fingerprint density at radius 2 is 2.38 bits per heavy atom. The highest BCUT2D eigenvalue weighted by molar-refractivity contribution is 5.24. The van der Waals surface area contributed by atoms with E-state index in [1.165, 1.54) is 24.8 Å². The first-order valence-corrected chi connectivity index (χ1v) is 6.09. The topological polar surface area (TPSA) is 34.1 Å². The molecule has 3 heterocycles. The van der Waals surface area contributed by atoms with Gasteiger partial charge in [0.05, 0.1) is 13.3 Å². The maximum absolute atomic E-state index is 5.20. The van der Waals surface area contributed by atoms with Crippen LogP contribution in [0.3, 0.4) is 0 Å². The summed E-state index contributed by atoms with van der Waals surface area (Å²) in [6, 6.07) is 3.64. The third-order valence-electron chi connectivity index (χ3n) is 3.94. The highest BCUT2D eigenvalue weighted by Gasteiger charge is 2.38. The summed E-state index contributed by atoms with van der Waals surface area (Å²) in [5.41, 5.74) is 1.30. The fourth-order valence-electron chi connectivity index (χ4n) is 3.15. The Hall–Kier alpha value is -1.09. The summed E-state index contributed by atoms with van der Waals surface area (Å²) >= 11 is 0. The van der Waals surface area contributed by atoms with Gasteiger partial charge in [-0.15, -0.1) is 0 Å². The fourth-order valence-corrected chi connectivity index (χ4v) is 3.15. The minimum atomic E-state index is 0.746. The predicted molar refractivity (Wildman–Crippen MR) is 62.5 cm³/mol. The van der Waals surface area contributed by atoms with Crippen molar-refractivity contribution >= 4 is 0 Å². The lowest BCUT2D eigenvalue weighted by atomic mass is 9.85. The van der Waals surface area contributed by atoms with Gasteiger partial charge in [0.25, 0.3) is 0 Å². The lowest BCUT2D eigenvalue weighted by molar-refractivity contribution is 0.398. The van der Waals surface area contributed by atoms with Gasteiger partial charge in [-0.2, -0.15) is 0 Å². The fraction of sp³-hybridized carbons (Fsp3) is 0.615. The Bertz CT molecular complexity index is 380. The van der Waals surface area contributed by atoms with Crippen molar-refractivity contribution in [3.05, 3.63) is 24.0 Å². The number of methoxy groups -OCH3 is 1. The van der Waals surface area contributed by atoms with E-state index in [9.17, 15) is 0 Å². The van der Waals surface area contributed by atoms with Crippen molar-refractivity contribution in [3.8, 4) is 5.75 Å². The molecule has 3 unspecified atom stereocenters. The zero-order chi connectivity index (χ0) is 11.0. The molecule has 2 saturated heterocycles. The first-order valence-electron chi connectivity index (χ1n) is 6.09. The molecular weight excluding hydrogens is 200 g/mol. The summed E-state index contributed by atoms with van der Waals surface area (Å²) < 4.78 is 5.20. The van der Waals surface area contributed by atoms with Crippen molar-refractivity contribution in [2.75, 3.05) is 7.11 Å². The van der Waals surface area contributed by atoms with Crippen LogP contribution in [0.5, 0.6) is 5.75 Å². The molecule has 0 radical (unpaired) electrons. The Balaban J connectivity index is 1.69. The van der Waals surface area contributed by atoms with E-state index in [-0.39, 0.29) is 0 Å². The quantitative estimate of drug-likeness (QED) is 0.839. The molecule has 0 aliphatic carbocycles. The van der Waals surface area contributed by atoms with Crippen molar-refractivity contribution in [2.45, 2.75) is 37.8 Å². The number of hydrogen-bond donors (Lipinski definition) is 1. The van der Waals surface area contributed by atoms with Gasteiger partial charge in [0.2, 0.25) is 0 Å². The van der Waals surface area contributed by atoms with E-state index in [2.05, 4.69) is 16.4 Å². The van der Waals surface area contributed by atoms with E-state index in [4.69, 9.17) is 4.74 Å². The number of nitrogens with one attached hydrogen (secondary N) is 1.